The standard InChI is InChI=1S/C23H26F2N4O3/c1-3-4-11-17(27-22(30)16-10-6-8-13-21(16)32-23(24)25)18-14-19(29(26)28-18)15-9-5-7-12-20(15)31-2/h5-10,12-14,17,23H,3-4,11,26H2,1-2H3,(H,27,30)/t17-/m1/s1. The molecule has 1 heterocycles. The molecular weight excluding hydrogens is 418 g/mol. The van der Waals surface area contributed by atoms with E-state index in [1.807, 2.05) is 31.2 Å². The zero-order chi connectivity index (χ0) is 23.1. The average molecular weight is 444 g/mol. The molecule has 0 aliphatic heterocycles. The van der Waals surface area contributed by atoms with Crippen LogP contribution in [0.5, 0.6) is 11.5 Å². The Labute approximate surface area is 185 Å². The molecule has 1 amide bonds. The Kier molecular flexibility index (Phi) is 7.64. The van der Waals surface area contributed by atoms with Gasteiger partial charge in [0.05, 0.1) is 30.1 Å². The van der Waals surface area contributed by atoms with Crippen molar-refractivity contribution in [3.8, 4) is 22.8 Å². The summed E-state index contributed by atoms with van der Waals surface area (Å²) in [6, 6.07) is 14.6. The molecular formula is C23H26F2N4O3. The summed E-state index contributed by atoms with van der Waals surface area (Å²) in [4.78, 5) is 14.2. The van der Waals surface area contributed by atoms with Crippen LogP contribution in [0.3, 0.4) is 0 Å². The number of hydrogen-bond donors (Lipinski definition) is 2. The maximum absolute atomic E-state index is 12.9. The number of nitrogen functional groups attached to an aromatic ring is 1. The van der Waals surface area contributed by atoms with E-state index in [1.54, 1.807) is 19.2 Å². The highest BCUT2D eigenvalue weighted by molar-refractivity contribution is 5.97. The van der Waals surface area contributed by atoms with Gasteiger partial charge in [0.25, 0.3) is 5.91 Å². The van der Waals surface area contributed by atoms with Crippen LogP contribution in [0.15, 0.2) is 54.6 Å². The number of para-hydroxylation sites is 2. The van der Waals surface area contributed by atoms with Gasteiger partial charge in [-0.1, -0.05) is 44.0 Å². The van der Waals surface area contributed by atoms with Gasteiger partial charge in [0.2, 0.25) is 0 Å². The second-order valence-corrected chi connectivity index (χ2v) is 7.14. The van der Waals surface area contributed by atoms with E-state index >= 15 is 0 Å². The fourth-order valence-electron chi connectivity index (χ4n) is 3.43. The number of ether oxygens (including phenoxy) is 2. The van der Waals surface area contributed by atoms with Crippen LogP contribution < -0.4 is 20.6 Å². The molecule has 0 fully saturated rings. The number of unbranched alkanes of at least 4 members (excludes halogenated alkanes) is 1. The molecule has 3 N–H and O–H groups in total. The van der Waals surface area contributed by atoms with Gasteiger partial charge in [-0.15, -0.1) is 0 Å². The fraction of sp³-hybridized carbons (Fsp3) is 0.304. The summed E-state index contributed by atoms with van der Waals surface area (Å²) in [5.74, 6) is 6.03. The lowest BCUT2D eigenvalue weighted by molar-refractivity contribution is -0.0501. The number of halogens is 2. The van der Waals surface area contributed by atoms with Crippen molar-refractivity contribution in [1.82, 2.24) is 15.2 Å². The van der Waals surface area contributed by atoms with E-state index in [0.29, 0.717) is 23.6 Å². The van der Waals surface area contributed by atoms with E-state index in [1.165, 1.54) is 23.0 Å². The average Bonchev–Trinajstić information content (AvgIpc) is 3.17. The lowest BCUT2D eigenvalue weighted by atomic mass is 10.0. The minimum atomic E-state index is -3.03. The fourth-order valence-corrected chi connectivity index (χ4v) is 3.43. The van der Waals surface area contributed by atoms with Crippen LogP contribution in [0.2, 0.25) is 0 Å². The Morgan fingerprint density at radius 1 is 1.16 bits per heavy atom. The number of benzene rings is 2. The lowest BCUT2D eigenvalue weighted by Crippen LogP contribution is -2.29. The third kappa shape index (κ3) is 5.35. The van der Waals surface area contributed by atoms with Crippen LogP contribution in [0.4, 0.5) is 8.78 Å². The highest BCUT2D eigenvalue weighted by Crippen LogP contribution is 2.31. The smallest absolute Gasteiger partial charge is 0.387 e. The number of rotatable bonds is 10. The highest BCUT2D eigenvalue weighted by atomic mass is 19.3. The van der Waals surface area contributed by atoms with Crippen molar-refractivity contribution in [3.05, 3.63) is 65.9 Å². The molecule has 0 aliphatic carbocycles. The summed E-state index contributed by atoms with van der Waals surface area (Å²) in [5.41, 5.74) is 1.95. The molecule has 0 unspecified atom stereocenters. The number of nitrogens with two attached hydrogens (primary N) is 1. The molecule has 1 aromatic heterocycles. The Morgan fingerprint density at radius 2 is 1.84 bits per heavy atom. The number of alkyl halides is 2. The molecule has 32 heavy (non-hydrogen) atoms. The number of hydrogen-bond acceptors (Lipinski definition) is 5. The lowest BCUT2D eigenvalue weighted by Gasteiger charge is -2.18. The molecule has 0 saturated heterocycles. The van der Waals surface area contributed by atoms with Gasteiger partial charge in [0.15, 0.2) is 0 Å². The molecule has 3 rings (SSSR count). The zero-order valence-electron chi connectivity index (χ0n) is 17.9. The van der Waals surface area contributed by atoms with Crippen molar-refractivity contribution >= 4 is 5.91 Å². The Bertz CT molecular complexity index is 1060. The van der Waals surface area contributed by atoms with Crippen molar-refractivity contribution < 1.29 is 23.0 Å². The van der Waals surface area contributed by atoms with Gasteiger partial charge in [0, 0.05) is 5.56 Å². The topological polar surface area (TPSA) is 91.4 Å². The van der Waals surface area contributed by atoms with Gasteiger partial charge in [0.1, 0.15) is 11.5 Å². The molecule has 170 valence electrons. The van der Waals surface area contributed by atoms with Gasteiger partial charge in [-0.2, -0.15) is 18.7 Å². The van der Waals surface area contributed by atoms with E-state index < -0.39 is 18.6 Å². The largest absolute Gasteiger partial charge is 0.496 e. The maximum Gasteiger partial charge on any atom is 0.387 e. The first-order chi connectivity index (χ1) is 15.4. The maximum atomic E-state index is 12.9. The Hall–Kier alpha value is -3.62. The highest BCUT2D eigenvalue weighted by Gasteiger charge is 2.23. The summed E-state index contributed by atoms with van der Waals surface area (Å²) in [5, 5.41) is 7.30. The van der Waals surface area contributed by atoms with Crippen LogP contribution in [0.25, 0.3) is 11.3 Å². The normalized spacial score (nSPS) is 11.9. The number of nitrogens with zero attached hydrogens (tertiary/aromatic N) is 2. The van der Waals surface area contributed by atoms with Crippen molar-refractivity contribution in [2.45, 2.75) is 38.8 Å². The summed E-state index contributed by atoms with van der Waals surface area (Å²) in [6.07, 6.45) is 2.32. The third-order valence-corrected chi connectivity index (χ3v) is 4.99. The molecule has 0 bridgehead atoms. The van der Waals surface area contributed by atoms with Crippen molar-refractivity contribution in [2.24, 2.45) is 0 Å². The molecule has 3 aromatic rings. The van der Waals surface area contributed by atoms with E-state index in [4.69, 9.17) is 10.6 Å². The number of aromatic nitrogens is 2. The van der Waals surface area contributed by atoms with Gasteiger partial charge in [-0.05, 0) is 36.8 Å². The summed E-state index contributed by atoms with van der Waals surface area (Å²) in [7, 11) is 1.57. The molecule has 9 heteroatoms. The van der Waals surface area contributed by atoms with Gasteiger partial charge >= 0.3 is 6.61 Å². The summed E-state index contributed by atoms with van der Waals surface area (Å²) >= 11 is 0. The predicted octanol–water partition coefficient (Wildman–Crippen LogP) is 4.54. The molecule has 0 spiro atoms. The van der Waals surface area contributed by atoms with Crippen LogP contribution >= 0.6 is 0 Å². The first-order valence-electron chi connectivity index (χ1n) is 10.3. The number of carbonyl (C=O) groups excluding carboxylic acids is 1. The first kappa shape index (κ1) is 23.1. The molecule has 0 aliphatic rings. The van der Waals surface area contributed by atoms with Crippen LogP contribution in [0, 0.1) is 0 Å². The van der Waals surface area contributed by atoms with E-state index in [9.17, 15) is 13.6 Å². The monoisotopic (exact) mass is 444 g/mol. The van der Waals surface area contributed by atoms with Gasteiger partial charge in [-0.3, -0.25) is 4.79 Å². The molecule has 0 radical (unpaired) electrons. The van der Waals surface area contributed by atoms with E-state index in [0.717, 1.165) is 18.4 Å². The second-order valence-electron chi connectivity index (χ2n) is 7.14. The van der Waals surface area contributed by atoms with Gasteiger partial charge in [-0.25, -0.2) is 0 Å². The van der Waals surface area contributed by atoms with E-state index in [2.05, 4.69) is 15.2 Å². The van der Waals surface area contributed by atoms with Gasteiger partial charge < -0.3 is 20.6 Å². The minimum Gasteiger partial charge on any atom is -0.496 e. The van der Waals surface area contributed by atoms with Crippen molar-refractivity contribution in [3.63, 3.8) is 0 Å². The first-order valence-corrected chi connectivity index (χ1v) is 10.3. The van der Waals surface area contributed by atoms with Crippen LogP contribution in [-0.4, -0.2) is 29.5 Å². The predicted molar refractivity (Wildman–Crippen MR) is 117 cm³/mol. The third-order valence-electron chi connectivity index (χ3n) is 4.99. The Balaban J connectivity index is 1.91. The van der Waals surface area contributed by atoms with Crippen LogP contribution in [0.1, 0.15) is 48.3 Å². The number of methoxy groups -OCH3 is 1. The summed E-state index contributed by atoms with van der Waals surface area (Å²) < 4.78 is 35.4. The number of nitrogens with one attached hydrogen (secondary N) is 1. The summed E-state index contributed by atoms with van der Waals surface area (Å²) in [6.45, 7) is -0.997. The number of carbonyl (C=O) groups is 1. The molecule has 2 aromatic carbocycles. The zero-order valence-corrected chi connectivity index (χ0v) is 17.9. The molecule has 0 saturated carbocycles. The quantitative estimate of drug-likeness (QED) is 0.448. The minimum absolute atomic E-state index is 0.0198. The molecule has 7 nitrogen and oxygen atoms in total. The molecule has 1 atom stereocenters. The van der Waals surface area contributed by atoms with Crippen molar-refractivity contribution in [2.75, 3.05) is 13.0 Å². The van der Waals surface area contributed by atoms with Crippen molar-refractivity contribution in [1.29, 1.82) is 0 Å². The van der Waals surface area contributed by atoms with E-state index in [-0.39, 0.29) is 11.3 Å². The SMILES string of the molecule is CCCC[C@@H](NC(=O)c1ccccc1OC(F)F)c1cc(-c2ccccc2OC)n(N)n1. The second kappa shape index (κ2) is 10.6. The number of amides is 1. The Morgan fingerprint density at radius 3 is 2.53 bits per heavy atom. The van der Waals surface area contributed by atoms with Crippen LogP contribution in [-0.2, 0) is 0 Å².